The number of thiazole rings is 1. The zero-order valence-electron chi connectivity index (χ0n) is 24.2. The molecular formula is C35H24F2I2N2O4S. The molecule has 4 aromatic carbocycles. The summed E-state index contributed by atoms with van der Waals surface area (Å²) >= 11 is 5.52. The number of rotatable bonds is 8. The van der Waals surface area contributed by atoms with Crippen LogP contribution in [0.25, 0.3) is 11.8 Å². The quantitative estimate of drug-likeness (QED) is 0.125. The number of nitrogens with zero attached hydrogens (tertiary/aromatic N) is 2. The summed E-state index contributed by atoms with van der Waals surface area (Å²) in [4.78, 5) is 33.1. The normalized spacial score (nSPS) is 14.5. The lowest BCUT2D eigenvalue weighted by Gasteiger charge is -2.25. The maximum Gasteiger partial charge on any atom is 0.338 e. The molecule has 6 nitrogen and oxygen atoms in total. The Morgan fingerprint density at radius 1 is 1.00 bits per heavy atom. The minimum atomic E-state index is -0.930. The number of halogens is 4. The molecule has 1 aliphatic rings. The van der Waals surface area contributed by atoms with Crippen LogP contribution in [0.15, 0.2) is 106 Å². The SMILES string of the molecule is CCOC(=O)C1=C(c2ccccc2)N=c2sc(=Cc3cc(I)cc(I)c3OCc3ccccc3F)c(=O)n2C1c1ccc(F)cc1. The first kappa shape index (κ1) is 32.3. The van der Waals surface area contributed by atoms with E-state index in [9.17, 15) is 18.4 Å². The lowest BCUT2D eigenvalue weighted by atomic mass is 9.93. The number of benzene rings is 4. The molecule has 0 bridgehead atoms. The zero-order valence-corrected chi connectivity index (χ0v) is 29.3. The van der Waals surface area contributed by atoms with Crippen LogP contribution in [0.5, 0.6) is 5.75 Å². The highest BCUT2D eigenvalue weighted by atomic mass is 127. The van der Waals surface area contributed by atoms with E-state index < -0.39 is 17.8 Å². The fraction of sp³-hybridized carbons (Fsp3) is 0.114. The van der Waals surface area contributed by atoms with Gasteiger partial charge in [-0.2, -0.15) is 0 Å². The Labute approximate surface area is 294 Å². The van der Waals surface area contributed by atoms with Gasteiger partial charge in [0.05, 0.1) is 32.0 Å². The van der Waals surface area contributed by atoms with Gasteiger partial charge in [0.2, 0.25) is 0 Å². The summed E-state index contributed by atoms with van der Waals surface area (Å²) in [6.07, 6.45) is 1.72. The molecule has 1 unspecified atom stereocenters. The topological polar surface area (TPSA) is 69.9 Å². The van der Waals surface area contributed by atoms with Gasteiger partial charge in [0, 0.05) is 20.3 Å². The molecule has 46 heavy (non-hydrogen) atoms. The van der Waals surface area contributed by atoms with Crippen LogP contribution in [0, 0.1) is 18.8 Å². The number of fused-ring (bicyclic) bond motifs is 1. The van der Waals surface area contributed by atoms with Gasteiger partial charge in [0.1, 0.15) is 24.0 Å². The number of hydrogen-bond donors (Lipinski definition) is 0. The van der Waals surface area contributed by atoms with Crippen molar-refractivity contribution in [1.82, 2.24) is 4.57 Å². The van der Waals surface area contributed by atoms with Crippen LogP contribution in [-0.2, 0) is 16.1 Å². The molecule has 0 radical (unpaired) electrons. The van der Waals surface area contributed by atoms with Gasteiger partial charge in [0.25, 0.3) is 5.56 Å². The molecule has 2 heterocycles. The van der Waals surface area contributed by atoms with Crippen molar-refractivity contribution in [2.45, 2.75) is 19.6 Å². The van der Waals surface area contributed by atoms with E-state index in [0.717, 1.165) is 7.14 Å². The molecule has 0 fully saturated rings. The maximum absolute atomic E-state index is 14.4. The molecule has 1 aromatic heterocycles. The third kappa shape index (κ3) is 6.58. The number of esters is 1. The molecule has 232 valence electrons. The Morgan fingerprint density at radius 2 is 1.72 bits per heavy atom. The second-order valence-corrected chi connectivity index (χ2v) is 13.6. The summed E-state index contributed by atoms with van der Waals surface area (Å²) in [7, 11) is 0. The first-order valence-electron chi connectivity index (χ1n) is 14.1. The molecule has 6 rings (SSSR count). The van der Waals surface area contributed by atoms with E-state index >= 15 is 0 Å². The minimum absolute atomic E-state index is 0.000734. The molecule has 0 amide bonds. The summed E-state index contributed by atoms with van der Waals surface area (Å²) in [6.45, 7) is 1.82. The summed E-state index contributed by atoms with van der Waals surface area (Å²) < 4.78 is 43.6. The van der Waals surface area contributed by atoms with Crippen molar-refractivity contribution < 1.29 is 23.0 Å². The summed E-state index contributed by atoms with van der Waals surface area (Å²) in [6, 6.07) is 24.2. The largest absolute Gasteiger partial charge is 0.487 e. The molecule has 0 aliphatic carbocycles. The van der Waals surface area contributed by atoms with Crippen molar-refractivity contribution in [3.8, 4) is 5.75 Å². The van der Waals surface area contributed by atoms with E-state index in [1.54, 1.807) is 43.3 Å². The van der Waals surface area contributed by atoms with Gasteiger partial charge < -0.3 is 9.47 Å². The highest BCUT2D eigenvalue weighted by Crippen LogP contribution is 2.35. The lowest BCUT2D eigenvalue weighted by Crippen LogP contribution is -2.40. The molecule has 0 spiro atoms. The van der Waals surface area contributed by atoms with Crippen LogP contribution in [0.3, 0.4) is 0 Å². The van der Waals surface area contributed by atoms with Crippen LogP contribution in [0.2, 0.25) is 0 Å². The maximum atomic E-state index is 14.4. The van der Waals surface area contributed by atoms with Gasteiger partial charge in [-0.25, -0.2) is 18.6 Å². The van der Waals surface area contributed by atoms with Gasteiger partial charge in [-0.15, -0.1) is 0 Å². The van der Waals surface area contributed by atoms with Crippen molar-refractivity contribution >= 4 is 74.3 Å². The molecule has 5 aromatic rings. The fourth-order valence-corrected chi connectivity index (χ4v) is 8.18. The molecule has 0 saturated carbocycles. The second kappa shape index (κ2) is 14.0. The van der Waals surface area contributed by atoms with Gasteiger partial charge in [-0.3, -0.25) is 9.36 Å². The molecule has 11 heteroatoms. The smallest absolute Gasteiger partial charge is 0.338 e. The van der Waals surface area contributed by atoms with Crippen LogP contribution in [0.4, 0.5) is 8.78 Å². The van der Waals surface area contributed by atoms with E-state index in [-0.39, 0.29) is 30.2 Å². The summed E-state index contributed by atoms with van der Waals surface area (Å²) in [5, 5.41) is 0. The number of ether oxygens (including phenoxy) is 2. The van der Waals surface area contributed by atoms with Crippen LogP contribution >= 0.6 is 56.5 Å². The first-order chi connectivity index (χ1) is 22.2. The lowest BCUT2D eigenvalue weighted by molar-refractivity contribution is -0.138. The Kier molecular flexibility index (Phi) is 9.80. The van der Waals surface area contributed by atoms with Gasteiger partial charge >= 0.3 is 5.97 Å². The molecule has 1 atom stereocenters. The monoisotopic (exact) mass is 860 g/mol. The number of carbonyl (C=O) groups is 1. The highest BCUT2D eigenvalue weighted by Gasteiger charge is 2.35. The highest BCUT2D eigenvalue weighted by molar-refractivity contribution is 14.1. The second-order valence-electron chi connectivity index (χ2n) is 10.2. The van der Waals surface area contributed by atoms with Crippen LogP contribution < -0.4 is 19.6 Å². The van der Waals surface area contributed by atoms with Crippen molar-refractivity contribution in [2.24, 2.45) is 4.99 Å². The summed E-state index contributed by atoms with van der Waals surface area (Å²) in [5.74, 6) is -0.935. The van der Waals surface area contributed by atoms with E-state index in [1.165, 1.54) is 34.1 Å². The van der Waals surface area contributed by atoms with Crippen molar-refractivity contribution in [1.29, 1.82) is 0 Å². The van der Waals surface area contributed by atoms with Gasteiger partial charge in [-0.05, 0) is 94.1 Å². The molecule has 1 aliphatic heterocycles. The van der Waals surface area contributed by atoms with E-state index in [4.69, 9.17) is 14.5 Å². The molecule has 0 saturated heterocycles. The summed E-state index contributed by atoms with van der Waals surface area (Å²) in [5.41, 5.74) is 2.39. The van der Waals surface area contributed by atoms with Crippen LogP contribution in [0.1, 0.15) is 35.2 Å². The predicted octanol–water partition coefficient (Wildman–Crippen LogP) is 7.00. The van der Waals surface area contributed by atoms with Crippen molar-refractivity contribution in [3.63, 3.8) is 0 Å². The number of carbonyl (C=O) groups excluding carboxylic acids is 1. The predicted molar refractivity (Wildman–Crippen MR) is 190 cm³/mol. The minimum Gasteiger partial charge on any atom is -0.487 e. The standard InChI is InChI=1S/C35H24F2I2N2O4S/c1-2-44-34(43)29-30(20-8-4-3-5-9-20)40-35-41(31(29)21-12-14-24(36)15-13-21)33(42)28(46-35)17-23-16-25(38)18-27(39)32(23)45-19-22-10-6-7-11-26(22)37/h3-18,31H,2,19H2,1H3. The van der Waals surface area contributed by atoms with Crippen molar-refractivity contribution in [2.75, 3.05) is 6.61 Å². The number of aromatic nitrogens is 1. The van der Waals surface area contributed by atoms with Gasteiger partial charge in [0.15, 0.2) is 4.80 Å². The van der Waals surface area contributed by atoms with E-state index in [2.05, 4.69) is 45.2 Å². The molecular weight excluding hydrogens is 836 g/mol. The van der Waals surface area contributed by atoms with E-state index in [1.807, 2.05) is 42.5 Å². The zero-order chi connectivity index (χ0) is 32.4. The average Bonchev–Trinajstić information content (AvgIpc) is 3.35. The Morgan fingerprint density at radius 3 is 2.43 bits per heavy atom. The van der Waals surface area contributed by atoms with Crippen molar-refractivity contribution in [3.05, 3.63) is 157 Å². The third-order valence-electron chi connectivity index (χ3n) is 7.21. The van der Waals surface area contributed by atoms with E-state index in [0.29, 0.717) is 43.0 Å². The first-order valence-corrected chi connectivity index (χ1v) is 17.1. The average molecular weight is 860 g/mol. The Hall–Kier alpha value is -3.69. The number of hydrogen-bond acceptors (Lipinski definition) is 6. The van der Waals surface area contributed by atoms with Crippen LogP contribution in [-0.4, -0.2) is 17.1 Å². The Balaban J connectivity index is 1.56. The fourth-order valence-electron chi connectivity index (χ4n) is 5.15. The third-order valence-corrected chi connectivity index (χ3v) is 9.62. The van der Waals surface area contributed by atoms with Gasteiger partial charge in [-0.1, -0.05) is 72.0 Å². The Bertz CT molecular complexity index is 2160. The molecule has 0 N–H and O–H groups in total.